The van der Waals surface area contributed by atoms with Crippen molar-refractivity contribution in [3.8, 4) is 5.75 Å². The lowest BCUT2D eigenvalue weighted by Gasteiger charge is -1.99. The number of nitrogens with zero attached hydrogens (tertiary/aromatic N) is 1. The molecule has 4 heteroatoms. The average Bonchev–Trinajstić information content (AvgIpc) is 2.09. The molecule has 0 unspecified atom stereocenters. The van der Waals surface area contributed by atoms with E-state index in [1.165, 1.54) is 12.4 Å². The van der Waals surface area contributed by atoms with Gasteiger partial charge in [0.1, 0.15) is 5.75 Å². The van der Waals surface area contributed by atoms with Gasteiger partial charge in [0, 0.05) is 6.07 Å². The van der Waals surface area contributed by atoms with Crippen LogP contribution in [0.2, 0.25) is 0 Å². The monoisotopic (exact) mass is 176 g/mol. The quantitative estimate of drug-likeness (QED) is 0.627. The standard InChI is InChI=1S/C9H8N2O2/c1-5-2-6-7(3-8(5)12)10-4-11-9(6)13/h2-4,12H,1H3,(H,10,11,13). The molecule has 0 amide bonds. The topological polar surface area (TPSA) is 66.0 Å². The summed E-state index contributed by atoms with van der Waals surface area (Å²) in [7, 11) is 0. The second-order valence-corrected chi connectivity index (χ2v) is 2.89. The Morgan fingerprint density at radius 2 is 2.23 bits per heavy atom. The largest absolute Gasteiger partial charge is 0.508 e. The number of aryl methyl sites for hydroxylation is 1. The van der Waals surface area contributed by atoms with E-state index >= 15 is 0 Å². The summed E-state index contributed by atoms with van der Waals surface area (Å²) in [6.07, 6.45) is 1.32. The van der Waals surface area contributed by atoms with E-state index in [4.69, 9.17) is 0 Å². The van der Waals surface area contributed by atoms with Crippen molar-refractivity contribution in [3.63, 3.8) is 0 Å². The van der Waals surface area contributed by atoms with Gasteiger partial charge >= 0.3 is 0 Å². The molecule has 66 valence electrons. The molecule has 13 heavy (non-hydrogen) atoms. The van der Waals surface area contributed by atoms with Gasteiger partial charge in [0.05, 0.1) is 17.2 Å². The molecule has 2 rings (SSSR count). The molecule has 0 saturated carbocycles. The molecule has 0 radical (unpaired) electrons. The number of hydrogen-bond donors (Lipinski definition) is 2. The van der Waals surface area contributed by atoms with Crippen molar-refractivity contribution in [2.45, 2.75) is 6.92 Å². The second kappa shape index (κ2) is 2.58. The van der Waals surface area contributed by atoms with E-state index in [9.17, 15) is 9.90 Å². The third-order valence-electron chi connectivity index (χ3n) is 1.96. The summed E-state index contributed by atoms with van der Waals surface area (Å²) in [5.41, 5.74) is 0.992. The van der Waals surface area contributed by atoms with E-state index in [1.807, 2.05) is 0 Å². The van der Waals surface area contributed by atoms with Gasteiger partial charge in [0.15, 0.2) is 0 Å². The summed E-state index contributed by atoms with van der Waals surface area (Å²) in [6, 6.07) is 3.11. The molecule has 2 aromatic rings. The molecule has 0 fully saturated rings. The van der Waals surface area contributed by atoms with Crippen LogP contribution in [0.1, 0.15) is 5.56 Å². The van der Waals surface area contributed by atoms with E-state index in [1.54, 1.807) is 13.0 Å². The van der Waals surface area contributed by atoms with Crippen molar-refractivity contribution in [3.05, 3.63) is 34.4 Å². The maximum absolute atomic E-state index is 11.3. The summed E-state index contributed by atoms with van der Waals surface area (Å²) in [5, 5.41) is 9.85. The molecule has 2 N–H and O–H groups in total. The zero-order valence-electron chi connectivity index (χ0n) is 7.03. The Morgan fingerprint density at radius 1 is 1.46 bits per heavy atom. The lowest BCUT2D eigenvalue weighted by Crippen LogP contribution is -2.06. The van der Waals surface area contributed by atoms with Crippen LogP contribution in [-0.2, 0) is 0 Å². The summed E-state index contributed by atoms with van der Waals surface area (Å²) in [4.78, 5) is 17.7. The fourth-order valence-corrected chi connectivity index (χ4v) is 1.21. The van der Waals surface area contributed by atoms with Crippen LogP contribution >= 0.6 is 0 Å². The van der Waals surface area contributed by atoms with E-state index in [0.29, 0.717) is 16.5 Å². The molecule has 0 saturated heterocycles. The van der Waals surface area contributed by atoms with Gasteiger partial charge in [-0.05, 0) is 18.6 Å². The van der Waals surface area contributed by atoms with Crippen LogP contribution in [0.15, 0.2) is 23.3 Å². The van der Waals surface area contributed by atoms with E-state index in [0.717, 1.165) is 0 Å². The summed E-state index contributed by atoms with van der Waals surface area (Å²) in [6.45, 7) is 1.74. The van der Waals surface area contributed by atoms with Gasteiger partial charge < -0.3 is 10.1 Å². The third kappa shape index (κ3) is 1.16. The van der Waals surface area contributed by atoms with Crippen LogP contribution in [0.4, 0.5) is 0 Å². The average molecular weight is 176 g/mol. The number of benzene rings is 1. The zero-order chi connectivity index (χ0) is 9.42. The first-order valence-corrected chi connectivity index (χ1v) is 3.85. The minimum atomic E-state index is -0.187. The number of nitrogens with one attached hydrogen (secondary N) is 1. The number of aromatic hydroxyl groups is 1. The first kappa shape index (κ1) is 7.79. The van der Waals surface area contributed by atoms with Gasteiger partial charge in [0.25, 0.3) is 5.56 Å². The van der Waals surface area contributed by atoms with E-state index < -0.39 is 0 Å². The Hall–Kier alpha value is -1.84. The number of H-pyrrole nitrogens is 1. The molecule has 1 aromatic carbocycles. The Labute approximate surface area is 73.9 Å². The number of phenols is 1. The van der Waals surface area contributed by atoms with Crippen molar-refractivity contribution in [1.29, 1.82) is 0 Å². The van der Waals surface area contributed by atoms with Gasteiger partial charge in [-0.15, -0.1) is 0 Å². The fraction of sp³-hybridized carbons (Fsp3) is 0.111. The molecular weight excluding hydrogens is 168 g/mol. The fourth-order valence-electron chi connectivity index (χ4n) is 1.21. The highest BCUT2D eigenvalue weighted by Gasteiger charge is 2.02. The molecule has 0 aliphatic heterocycles. The van der Waals surface area contributed by atoms with Gasteiger partial charge in [-0.1, -0.05) is 0 Å². The predicted octanol–water partition coefficient (Wildman–Crippen LogP) is 0.937. The van der Waals surface area contributed by atoms with Gasteiger partial charge in [-0.3, -0.25) is 4.79 Å². The van der Waals surface area contributed by atoms with Crippen LogP contribution in [0.25, 0.3) is 10.9 Å². The third-order valence-corrected chi connectivity index (χ3v) is 1.96. The van der Waals surface area contributed by atoms with Crippen molar-refractivity contribution >= 4 is 10.9 Å². The Kier molecular flexibility index (Phi) is 1.55. The molecule has 4 nitrogen and oxygen atoms in total. The smallest absolute Gasteiger partial charge is 0.258 e. The lowest BCUT2D eigenvalue weighted by atomic mass is 10.1. The van der Waals surface area contributed by atoms with Gasteiger partial charge in [-0.2, -0.15) is 0 Å². The highest BCUT2D eigenvalue weighted by molar-refractivity contribution is 5.79. The summed E-state index contributed by atoms with van der Waals surface area (Å²) < 4.78 is 0. The SMILES string of the molecule is Cc1cc2c(=O)[nH]cnc2cc1O. The Balaban J connectivity index is 2.97. The highest BCUT2D eigenvalue weighted by Crippen LogP contribution is 2.19. The Bertz CT molecular complexity index is 516. The van der Waals surface area contributed by atoms with Gasteiger partial charge in [-0.25, -0.2) is 4.98 Å². The molecule has 0 bridgehead atoms. The number of aromatic nitrogens is 2. The van der Waals surface area contributed by atoms with Crippen molar-refractivity contribution in [2.75, 3.05) is 0 Å². The van der Waals surface area contributed by atoms with Crippen LogP contribution in [0.3, 0.4) is 0 Å². The minimum Gasteiger partial charge on any atom is -0.508 e. The molecule has 0 spiro atoms. The molecular formula is C9H8N2O2. The lowest BCUT2D eigenvalue weighted by molar-refractivity contribution is 0.472. The normalized spacial score (nSPS) is 10.5. The van der Waals surface area contributed by atoms with Crippen LogP contribution in [0, 0.1) is 6.92 Å². The Morgan fingerprint density at radius 3 is 3.00 bits per heavy atom. The van der Waals surface area contributed by atoms with E-state index in [-0.39, 0.29) is 11.3 Å². The number of fused-ring (bicyclic) bond motifs is 1. The van der Waals surface area contributed by atoms with Crippen molar-refractivity contribution in [2.24, 2.45) is 0 Å². The highest BCUT2D eigenvalue weighted by atomic mass is 16.3. The minimum absolute atomic E-state index is 0.158. The maximum atomic E-state index is 11.3. The van der Waals surface area contributed by atoms with Crippen LogP contribution < -0.4 is 5.56 Å². The summed E-state index contributed by atoms with van der Waals surface area (Å²) >= 11 is 0. The molecule has 1 heterocycles. The maximum Gasteiger partial charge on any atom is 0.258 e. The van der Waals surface area contributed by atoms with Gasteiger partial charge in [0.2, 0.25) is 0 Å². The number of hydrogen-bond acceptors (Lipinski definition) is 3. The van der Waals surface area contributed by atoms with Crippen LogP contribution in [0.5, 0.6) is 5.75 Å². The number of rotatable bonds is 0. The number of aromatic amines is 1. The first-order valence-electron chi connectivity index (χ1n) is 3.85. The molecule has 0 aliphatic carbocycles. The molecule has 0 aliphatic rings. The second-order valence-electron chi connectivity index (χ2n) is 2.89. The summed E-state index contributed by atoms with van der Waals surface area (Å²) in [5.74, 6) is 0.158. The number of phenolic OH excluding ortho intramolecular Hbond substituents is 1. The van der Waals surface area contributed by atoms with E-state index in [2.05, 4.69) is 9.97 Å². The molecule has 0 atom stereocenters. The predicted molar refractivity (Wildman–Crippen MR) is 48.8 cm³/mol. The first-order chi connectivity index (χ1) is 6.18. The van der Waals surface area contributed by atoms with Crippen molar-refractivity contribution in [1.82, 2.24) is 9.97 Å². The zero-order valence-corrected chi connectivity index (χ0v) is 7.03. The van der Waals surface area contributed by atoms with Crippen LogP contribution in [-0.4, -0.2) is 15.1 Å². The molecule has 1 aromatic heterocycles. The van der Waals surface area contributed by atoms with Crippen molar-refractivity contribution < 1.29 is 5.11 Å².